The van der Waals surface area contributed by atoms with Crippen LogP contribution in [0.5, 0.6) is 0 Å². The predicted molar refractivity (Wildman–Crippen MR) is 73.3 cm³/mol. The van der Waals surface area contributed by atoms with E-state index in [1.54, 1.807) is 18.2 Å². The van der Waals surface area contributed by atoms with Gasteiger partial charge in [0, 0.05) is 18.6 Å². The average molecular weight is 450 g/mol. The molecule has 0 unspecified atom stereocenters. The Morgan fingerprint density at radius 1 is 1.33 bits per heavy atom. The molecule has 0 aliphatic carbocycles. The highest BCUT2D eigenvalue weighted by Crippen LogP contribution is 2.18. The minimum Gasteiger partial charge on any atom is -0.858 e. The first-order valence-corrected chi connectivity index (χ1v) is 7.73. The second kappa shape index (κ2) is 4.95. The molecule has 0 radical (unpaired) electrons. The highest BCUT2D eigenvalue weighted by molar-refractivity contribution is 14.1. The Balaban J connectivity index is 3.35. The highest BCUT2D eigenvalue weighted by atomic mass is 127. The highest BCUT2D eigenvalue weighted by Gasteiger charge is 2.06. The van der Waals surface area contributed by atoms with Crippen LogP contribution in [0.25, 0.3) is 0 Å². The van der Waals surface area contributed by atoms with E-state index in [0.717, 1.165) is 6.26 Å². The van der Waals surface area contributed by atoms with Gasteiger partial charge in [-0.15, -0.1) is 0 Å². The summed E-state index contributed by atoms with van der Waals surface area (Å²) in [7, 11) is -3.64. The molecule has 1 aromatic carbocycles. The summed E-state index contributed by atoms with van der Waals surface area (Å²) in [5.41, 5.74) is 0.337. The summed E-state index contributed by atoms with van der Waals surface area (Å²) in [4.78, 5) is 0. The third-order valence-electron chi connectivity index (χ3n) is 1.43. The summed E-state index contributed by atoms with van der Waals surface area (Å²) in [5, 5.41) is 11.5. The molecule has 0 heterocycles. The fourth-order valence-corrected chi connectivity index (χ4v) is 3.26. The van der Waals surface area contributed by atoms with Crippen molar-refractivity contribution in [1.29, 1.82) is 0 Å². The van der Waals surface area contributed by atoms with Crippen molar-refractivity contribution in [2.75, 3.05) is 6.26 Å². The van der Waals surface area contributed by atoms with Gasteiger partial charge in [-0.05, 0) is 57.3 Å². The molecule has 0 aromatic heterocycles. The molecular formula is C8H6I2NO3S-. The lowest BCUT2D eigenvalue weighted by atomic mass is 10.2. The SMILES string of the molecule is CS(=O)(=O)/N=C(\[O-])c1c(I)cccc1I. The Kier molecular flexibility index (Phi) is 4.35. The minimum absolute atomic E-state index is 0.337. The van der Waals surface area contributed by atoms with Crippen LogP contribution in [-0.4, -0.2) is 20.6 Å². The van der Waals surface area contributed by atoms with Gasteiger partial charge < -0.3 is 5.11 Å². The zero-order valence-electron chi connectivity index (χ0n) is 7.57. The molecule has 0 fully saturated rings. The number of benzene rings is 1. The zero-order valence-corrected chi connectivity index (χ0v) is 12.7. The second-order valence-corrected chi connectivity index (χ2v) is 6.70. The van der Waals surface area contributed by atoms with E-state index in [-0.39, 0.29) is 0 Å². The van der Waals surface area contributed by atoms with Crippen LogP contribution in [0.4, 0.5) is 0 Å². The standard InChI is InChI=1S/C8H7I2NO3S/c1-15(13,14)11-8(12)7-5(9)3-2-4-6(7)10/h2-4H,1H3,(H,11,12)/p-1. The summed E-state index contributed by atoms with van der Waals surface area (Å²) in [6, 6.07) is 5.25. The number of nitrogens with zero attached hydrogens (tertiary/aromatic N) is 1. The zero-order chi connectivity index (χ0) is 11.6. The van der Waals surface area contributed by atoms with Gasteiger partial charge in [0.2, 0.25) is 10.0 Å². The van der Waals surface area contributed by atoms with E-state index < -0.39 is 15.9 Å². The van der Waals surface area contributed by atoms with Crippen molar-refractivity contribution in [2.24, 2.45) is 4.40 Å². The number of rotatable bonds is 2. The molecule has 0 saturated carbocycles. The smallest absolute Gasteiger partial charge is 0.249 e. The van der Waals surface area contributed by atoms with Gasteiger partial charge in [-0.3, -0.25) is 0 Å². The van der Waals surface area contributed by atoms with Crippen LogP contribution in [0.2, 0.25) is 0 Å². The molecule has 0 spiro atoms. The predicted octanol–water partition coefficient (Wildman–Crippen LogP) is 0.962. The van der Waals surface area contributed by atoms with E-state index in [1.807, 2.05) is 45.2 Å². The molecule has 0 N–H and O–H groups in total. The third kappa shape index (κ3) is 3.87. The van der Waals surface area contributed by atoms with Crippen molar-refractivity contribution >= 4 is 61.1 Å². The van der Waals surface area contributed by atoms with E-state index in [9.17, 15) is 13.5 Å². The van der Waals surface area contributed by atoms with Gasteiger partial charge in [-0.25, -0.2) is 8.42 Å². The summed E-state index contributed by atoms with van der Waals surface area (Å²) >= 11 is 3.94. The number of hydrogen-bond donors (Lipinski definition) is 0. The first kappa shape index (κ1) is 13.2. The molecule has 1 aromatic rings. The lowest BCUT2D eigenvalue weighted by molar-refractivity contribution is -0.212. The van der Waals surface area contributed by atoms with Gasteiger partial charge in [0.05, 0.1) is 6.26 Å². The molecule has 4 nitrogen and oxygen atoms in total. The fourth-order valence-electron chi connectivity index (χ4n) is 0.898. The van der Waals surface area contributed by atoms with E-state index in [1.165, 1.54) is 0 Å². The second-order valence-electron chi connectivity index (χ2n) is 2.73. The van der Waals surface area contributed by atoms with Crippen LogP contribution >= 0.6 is 45.2 Å². The minimum atomic E-state index is -3.64. The lowest BCUT2D eigenvalue weighted by Crippen LogP contribution is -2.23. The Labute approximate surface area is 115 Å². The van der Waals surface area contributed by atoms with Crippen LogP contribution in [0.3, 0.4) is 0 Å². The van der Waals surface area contributed by atoms with Crippen LogP contribution < -0.4 is 5.11 Å². The topological polar surface area (TPSA) is 69.6 Å². The van der Waals surface area contributed by atoms with E-state index >= 15 is 0 Å². The molecular weight excluding hydrogens is 444 g/mol. The molecule has 0 amide bonds. The largest absolute Gasteiger partial charge is 0.858 e. The van der Waals surface area contributed by atoms with Gasteiger partial charge >= 0.3 is 0 Å². The van der Waals surface area contributed by atoms with Crippen LogP contribution in [0, 0.1) is 7.14 Å². The van der Waals surface area contributed by atoms with Crippen LogP contribution in [0.1, 0.15) is 5.56 Å². The fraction of sp³-hybridized carbons (Fsp3) is 0.125. The Bertz CT molecular complexity index is 490. The normalized spacial score (nSPS) is 12.9. The van der Waals surface area contributed by atoms with Crippen LogP contribution in [0.15, 0.2) is 22.6 Å². The molecule has 1 rings (SSSR count). The van der Waals surface area contributed by atoms with Gasteiger partial charge in [0.15, 0.2) is 0 Å². The first-order valence-electron chi connectivity index (χ1n) is 3.72. The maximum absolute atomic E-state index is 11.5. The van der Waals surface area contributed by atoms with Crippen molar-refractivity contribution in [3.63, 3.8) is 0 Å². The average Bonchev–Trinajstić information content (AvgIpc) is 1.99. The third-order valence-corrected chi connectivity index (χ3v) is 3.72. The number of sulfonamides is 1. The molecule has 0 atom stereocenters. The molecule has 15 heavy (non-hydrogen) atoms. The van der Waals surface area contributed by atoms with Crippen molar-refractivity contribution in [2.45, 2.75) is 0 Å². The number of hydrogen-bond acceptors (Lipinski definition) is 3. The Hall–Kier alpha value is 0.1000. The first-order chi connectivity index (χ1) is 6.81. The van der Waals surface area contributed by atoms with Crippen molar-refractivity contribution in [3.8, 4) is 0 Å². The van der Waals surface area contributed by atoms with Gasteiger partial charge in [0.1, 0.15) is 0 Å². The maximum Gasteiger partial charge on any atom is 0.249 e. The molecule has 0 bridgehead atoms. The van der Waals surface area contributed by atoms with Crippen molar-refractivity contribution in [1.82, 2.24) is 0 Å². The summed E-state index contributed by atoms with van der Waals surface area (Å²) in [6.45, 7) is 0. The van der Waals surface area contributed by atoms with E-state index in [0.29, 0.717) is 12.7 Å². The van der Waals surface area contributed by atoms with E-state index in [4.69, 9.17) is 0 Å². The molecule has 82 valence electrons. The monoisotopic (exact) mass is 450 g/mol. The Morgan fingerprint density at radius 2 is 1.80 bits per heavy atom. The van der Waals surface area contributed by atoms with E-state index in [2.05, 4.69) is 4.40 Å². The van der Waals surface area contributed by atoms with Gasteiger partial charge in [-0.2, -0.15) is 4.40 Å². The summed E-state index contributed by atoms with van der Waals surface area (Å²) in [6.07, 6.45) is 0.896. The van der Waals surface area contributed by atoms with Crippen molar-refractivity contribution < 1.29 is 13.5 Å². The lowest BCUT2D eigenvalue weighted by Gasteiger charge is -2.13. The van der Waals surface area contributed by atoms with Gasteiger partial charge in [0.25, 0.3) is 0 Å². The van der Waals surface area contributed by atoms with Crippen LogP contribution in [-0.2, 0) is 10.0 Å². The summed E-state index contributed by atoms with van der Waals surface area (Å²) < 4.78 is 26.2. The number of halogens is 2. The molecule has 7 heteroatoms. The maximum atomic E-state index is 11.5. The van der Waals surface area contributed by atoms with Crippen molar-refractivity contribution in [3.05, 3.63) is 30.9 Å². The molecule has 0 saturated heterocycles. The molecule has 0 aliphatic heterocycles. The van der Waals surface area contributed by atoms with Gasteiger partial charge in [-0.1, -0.05) is 6.07 Å². The summed E-state index contributed by atoms with van der Waals surface area (Å²) in [5.74, 6) is -0.716. The molecule has 0 aliphatic rings. The Morgan fingerprint density at radius 3 is 2.20 bits per heavy atom. The quantitative estimate of drug-likeness (QED) is 0.383.